The molecular weight excluding hydrogens is 450 g/mol. The number of hydrogen-bond donors (Lipinski definition) is 3. The number of rotatable bonds is 8. The number of nitrogens with zero attached hydrogens (tertiary/aromatic N) is 4. The van der Waals surface area contributed by atoms with Crippen LogP contribution in [0, 0.1) is 0 Å². The fraction of sp³-hybridized carbons (Fsp3) is 0.240. The summed E-state index contributed by atoms with van der Waals surface area (Å²) in [5.74, 6) is 0.274. The predicted molar refractivity (Wildman–Crippen MR) is 140 cm³/mol. The van der Waals surface area contributed by atoms with Crippen molar-refractivity contribution >= 4 is 51.4 Å². The topological polar surface area (TPSA) is 89.2 Å². The van der Waals surface area contributed by atoms with Crippen LogP contribution in [0.1, 0.15) is 6.92 Å². The number of aromatic nitrogens is 3. The van der Waals surface area contributed by atoms with E-state index in [4.69, 9.17) is 11.6 Å². The average molecular weight is 478 g/mol. The van der Waals surface area contributed by atoms with Gasteiger partial charge in [0.05, 0.1) is 28.3 Å². The standard InChI is InChI=1S/C25H28ClN7O/c1-16(34)29-22-13-17(9-10-23(22)33(4)12-11-32(2)3)30-25-28-15-20(26)24(31-25)19-14-27-21-8-6-5-7-18(19)21/h5-10,13-15,27H,11-12H2,1-4H3,(H,29,34)(H,28,30,31). The van der Waals surface area contributed by atoms with Gasteiger partial charge in [-0.15, -0.1) is 0 Å². The first-order chi connectivity index (χ1) is 16.3. The van der Waals surface area contributed by atoms with E-state index in [9.17, 15) is 4.79 Å². The van der Waals surface area contributed by atoms with E-state index in [1.807, 2.05) is 69.8 Å². The van der Waals surface area contributed by atoms with Crippen LogP contribution in [0.25, 0.3) is 22.2 Å². The van der Waals surface area contributed by atoms with Gasteiger partial charge in [0.2, 0.25) is 11.9 Å². The number of carbonyl (C=O) groups excluding carboxylic acids is 1. The van der Waals surface area contributed by atoms with Crippen molar-refractivity contribution in [1.82, 2.24) is 19.9 Å². The minimum atomic E-state index is -0.135. The second kappa shape index (κ2) is 10.1. The largest absolute Gasteiger partial charge is 0.372 e. The van der Waals surface area contributed by atoms with E-state index in [2.05, 4.69) is 35.4 Å². The number of nitrogens with one attached hydrogen (secondary N) is 3. The highest BCUT2D eigenvalue weighted by molar-refractivity contribution is 6.33. The summed E-state index contributed by atoms with van der Waals surface area (Å²) < 4.78 is 0. The quantitative estimate of drug-likeness (QED) is 0.331. The lowest BCUT2D eigenvalue weighted by Gasteiger charge is -2.24. The Morgan fingerprint density at radius 2 is 1.91 bits per heavy atom. The summed E-state index contributed by atoms with van der Waals surface area (Å²) in [7, 11) is 6.07. The van der Waals surface area contributed by atoms with Gasteiger partial charge in [0.1, 0.15) is 0 Å². The molecule has 34 heavy (non-hydrogen) atoms. The van der Waals surface area contributed by atoms with Crippen molar-refractivity contribution in [3.05, 3.63) is 59.9 Å². The fourth-order valence-electron chi connectivity index (χ4n) is 3.72. The van der Waals surface area contributed by atoms with Crippen LogP contribution in [0.4, 0.5) is 23.0 Å². The maximum atomic E-state index is 11.8. The van der Waals surface area contributed by atoms with Gasteiger partial charge >= 0.3 is 0 Å². The van der Waals surface area contributed by atoms with E-state index >= 15 is 0 Å². The van der Waals surface area contributed by atoms with Gasteiger partial charge in [-0.25, -0.2) is 9.97 Å². The van der Waals surface area contributed by atoms with Gasteiger partial charge in [0.15, 0.2) is 0 Å². The number of aromatic amines is 1. The Morgan fingerprint density at radius 3 is 2.68 bits per heavy atom. The first kappa shape index (κ1) is 23.5. The van der Waals surface area contributed by atoms with Gasteiger partial charge in [-0.3, -0.25) is 4.79 Å². The summed E-state index contributed by atoms with van der Waals surface area (Å²) in [5.41, 5.74) is 4.95. The molecule has 0 spiro atoms. The van der Waals surface area contributed by atoms with Gasteiger partial charge in [-0.1, -0.05) is 29.8 Å². The number of H-pyrrole nitrogens is 1. The molecule has 2 heterocycles. The molecule has 0 fully saturated rings. The maximum absolute atomic E-state index is 11.8. The first-order valence-electron chi connectivity index (χ1n) is 11.0. The Hall–Kier alpha value is -3.62. The van der Waals surface area contributed by atoms with E-state index in [-0.39, 0.29) is 5.91 Å². The lowest BCUT2D eigenvalue weighted by atomic mass is 10.1. The van der Waals surface area contributed by atoms with Crippen LogP contribution in [0.5, 0.6) is 0 Å². The smallest absolute Gasteiger partial charge is 0.227 e. The van der Waals surface area contributed by atoms with Crippen molar-refractivity contribution in [3.8, 4) is 11.3 Å². The highest BCUT2D eigenvalue weighted by atomic mass is 35.5. The fourth-order valence-corrected chi connectivity index (χ4v) is 3.91. The molecule has 2 aromatic carbocycles. The molecule has 176 valence electrons. The molecule has 0 bridgehead atoms. The molecule has 0 saturated carbocycles. The minimum Gasteiger partial charge on any atom is -0.372 e. The third-order valence-electron chi connectivity index (χ3n) is 5.45. The van der Waals surface area contributed by atoms with Crippen molar-refractivity contribution < 1.29 is 4.79 Å². The Bertz CT molecular complexity index is 1320. The van der Waals surface area contributed by atoms with Crippen molar-refractivity contribution in [2.75, 3.05) is 49.8 Å². The highest BCUT2D eigenvalue weighted by Crippen LogP contribution is 2.34. The molecule has 9 heteroatoms. The minimum absolute atomic E-state index is 0.135. The molecule has 4 aromatic rings. The molecule has 0 aliphatic carbocycles. The molecular formula is C25H28ClN7O. The second-order valence-electron chi connectivity index (χ2n) is 8.40. The predicted octanol–water partition coefficient (Wildman–Crippen LogP) is 4.98. The summed E-state index contributed by atoms with van der Waals surface area (Å²) in [6.07, 6.45) is 3.49. The van der Waals surface area contributed by atoms with E-state index in [1.165, 1.54) is 6.92 Å². The van der Waals surface area contributed by atoms with Crippen molar-refractivity contribution in [3.63, 3.8) is 0 Å². The van der Waals surface area contributed by atoms with Gasteiger partial charge < -0.3 is 25.4 Å². The Balaban J connectivity index is 1.63. The third kappa shape index (κ3) is 5.30. The molecule has 0 aliphatic rings. The summed E-state index contributed by atoms with van der Waals surface area (Å²) in [4.78, 5) is 28.4. The van der Waals surface area contributed by atoms with Crippen LogP contribution in [-0.4, -0.2) is 60.0 Å². The van der Waals surface area contributed by atoms with Crippen molar-refractivity contribution in [1.29, 1.82) is 0 Å². The Kier molecular flexibility index (Phi) is 7.00. The number of para-hydroxylation sites is 1. The maximum Gasteiger partial charge on any atom is 0.227 e. The zero-order chi connectivity index (χ0) is 24.2. The van der Waals surface area contributed by atoms with Crippen LogP contribution in [0.3, 0.4) is 0 Å². The third-order valence-corrected chi connectivity index (χ3v) is 5.72. The SMILES string of the molecule is CC(=O)Nc1cc(Nc2ncc(Cl)c(-c3c[nH]c4ccccc34)n2)ccc1N(C)CCN(C)C. The number of halogens is 1. The van der Waals surface area contributed by atoms with E-state index in [0.29, 0.717) is 22.4 Å². The van der Waals surface area contributed by atoms with Gasteiger partial charge in [-0.2, -0.15) is 0 Å². The Morgan fingerprint density at radius 1 is 1.12 bits per heavy atom. The normalized spacial score (nSPS) is 11.1. The summed E-state index contributed by atoms with van der Waals surface area (Å²) >= 11 is 6.46. The molecule has 3 N–H and O–H groups in total. The van der Waals surface area contributed by atoms with E-state index < -0.39 is 0 Å². The van der Waals surface area contributed by atoms with Crippen molar-refractivity contribution in [2.45, 2.75) is 6.92 Å². The lowest BCUT2D eigenvalue weighted by Crippen LogP contribution is -2.29. The van der Waals surface area contributed by atoms with Crippen LogP contribution < -0.4 is 15.5 Å². The molecule has 0 aliphatic heterocycles. The number of amides is 1. The van der Waals surface area contributed by atoms with Crippen LogP contribution in [-0.2, 0) is 4.79 Å². The average Bonchev–Trinajstić information content (AvgIpc) is 3.22. The zero-order valence-corrected chi connectivity index (χ0v) is 20.4. The molecule has 8 nitrogen and oxygen atoms in total. The number of carbonyl (C=O) groups is 1. The highest BCUT2D eigenvalue weighted by Gasteiger charge is 2.14. The van der Waals surface area contributed by atoms with Gasteiger partial charge in [-0.05, 0) is 38.4 Å². The molecule has 0 radical (unpaired) electrons. The summed E-state index contributed by atoms with van der Waals surface area (Å²) in [6, 6.07) is 13.8. The van der Waals surface area contributed by atoms with Crippen LogP contribution in [0.15, 0.2) is 54.9 Å². The monoisotopic (exact) mass is 477 g/mol. The molecule has 0 atom stereocenters. The zero-order valence-electron chi connectivity index (χ0n) is 19.7. The first-order valence-corrected chi connectivity index (χ1v) is 11.3. The number of fused-ring (bicyclic) bond motifs is 1. The van der Waals surface area contributed by atoms with Gasteiger partial charge in [0, 0.05) is 55.4 Å². The number of hydrogen-bond acceptors (Lipinski definition) is 6. The van der Waals surface area contributed by atoms with Crippen LogP contribution >= 0.6 is 11.6 Å². The number of likely N-dealkylation sites (N-methyl/N-ethyl adjacent to an activating group) is 2. The van der Waals surface area contributed by atoms with E-state index in [1.54, 1.807) is 6.20 Å². The van der Waals surface area contributed by atoms with Gasteiger partial charge in [0.25, 0.3) is 0 Å². The number of benzene rings is 2. The summed E-state index contributed by atoms with van der Waals surface area (Å²) in [6.45, 7) is 3.21. The van der Waals surface area contributed by atoms with Crippen LogP contribution in [0.2, 0.25) is 5.02 Å². The molecule has 2 aromatic heterocycles. The number of anilines is 4. The molecule has 0 saturated heterocycles. The molecule has 0 unspecified atom stereocenters. The molecule has 1 amide bonds. The Labute approximate surface area is 204 Å². The van der Waals surface area contributed by atoms with E-state index in [0.717, 1.165) is 40.9 Å². The lowest BCUT2D eigenvalue weighted by molar-refractivity contribution is -0.114. The summed E-state index contributed by atoms with van der Waals surface area (Å²) in [5, 5.41) is 7.67. The second-order valence-corrected chi connectivity index (χ2v) is 8.81. The van der Waals surface area contributed by atoms with Crippen molar-refractivity contribution in [2.24, 2.45) is 0 Å². The molecule has 4 rings (SSSR count).